The van der Waals surface area contributed by atoms with E-state index in [4.69, 9.17) is 12.2 Å². The van der Waals surface area contributed by atoms with Gasteiger partial charge in [-0.2, -0.15) is 0 Å². The number of hydrogen-bond acceptors (Lipinski definition) is 3. The lowest BCUT2D eigenvalue weighted by molar-refractivity contribution is -0.117. The van der Waals surface area contributed by atoms with Crippen LogP contribution in [0.1, 0.15) is 26.2 Å². The molecule has 0 saturated carbocycles. The summed E-state index contributed by atoms with van der Waals surface area (Å²) >= 11 is 4.94. The molecule has 0 spiro atoms. The molecule has 1 saturated heterocycles. The number of amides is 1. The third-order valence-corrected chi connectivity index (χ3v) is 2.70. The Kier molecular flexibility index (Phi) is 5.57. The average Bonchev–Trinajstić information content (AvgIpc) is 2.18. The van der Waals surface area contributed by atoms with Gasteiger partial charge in [-0.1, -0.05) is 6.42 Å². The van der Waals surface area contributed by atoms with Gasteiger partial charge in [-0.15, -0.1) is 0 Å². The Bertz CT molecular complexity index is 227. The zero-order chi connectivity index (χ0) is 11.1. The van der Waals surface area contributed by atoms with Crippen molar-refractivity contribution in [2.45, 2.75) is 26.2 Å². The summed E-state index contributed by atoms with van der Waals surface area (Å²) in [5, 5.41) is 5.99. The lowest BCUT2D eigenvalue weighted by atomic mass is 10.1. The first-order valence-electron chi connectivity index (χ1n) is 5.46. The van der Waals surface area contributed by atoms with Gasteiger partial charge in [0, 0.05) is 20.0 Å². The van der Waals surface area contributed by atoms with Gasteiger partial charge < -0.3 is 15.5 Å². The second-order valence-electron chi connectivity index (χ2n) is 3.84. The molecule has 0 radical (unpaired) electrons. The van der Waals surface area contributed by atoms with Crippen LogP contribution < -0.4 is 10.6 Å². The Morgan fingerprint density at radius 1 is 1.33 bits per heavy atom. The highest BCUT2D eigenvalue weighted by Crippen LogP contribution is 2.07. The van der Waals surface area contributed by atoms with Crippen LogP contribution in [0.3, 0.4) is 0 Å². The van der Waals surface area contributed by atoms with Crippen LogP contribution in [0.5, 0.6) is 0 Å². The lowest BCUT2D eigenvalue weighted by Crippen LogP contribution is -2.42. The number of nitrogens with one attached hydrogen (secondary N) is 2. The van der Waals surface area contributed by atoms with Crippen LogP contribution in [-0.4, -0.2) is 42.1 Å². The third-order valence-electron chi connectivity index (χ3n) is 2.45. The first-order chi connectivity index (χ1) is 7.18. The van der Waals surface area contributed by atoms with E-state index in [1.807, 2.05) is 0 Å². The number of rotatable bonds is 3. The van der Waals surface area contributed by atoms with Gasteiger partial charge in [0.1, 0.15) is 0 Å². The van der Waals surface area contributed by atoms with Gasteiger partial charge in [-0.25, -0.2) is 0 Å². The maximum atomic E-state index is 10.7. The number of hydrogen-bond donors (Lipinski definition) is 2. The zero-order valence-corrected chi connectivity index (χ0v) is 10.0. The minimum Gasteiger partial charge on any atom is -0.361 e. The first kappa shape index (κ1) is 12.4. The van der Waals surface area contributed by atoms with E-state index in [0.29, 0.717) is 5.11 Å². The highest BCUT2D eigenvalue weighted by atomic mass is 32.1. The van der Waals surface area contributed by atoms with E-state index in [2.05, 4.69) is 15.5 Å². The number of carbonyl (C=O) groups is 1. The molecule has 1 aliphatic heterocycles. The summed E-state index contributed by atoms with van der Waals surface area (Å²) in [4.78, 5) is 13.1. The van der Waals surface area contributed by atoms with Crippen molar-refractivity contribution in [3.05, 3.63) is 0 Å². The highest BCUT2D eigenvalue weighted by molar-refractivity contribution is 7.80. The van der Waals surface area contributed by atoms with E-state index < -0.39 is 0 Å². The largest absolute Gasteiger partial charge is 0.361 e. The Labute approximate surface area is 96.4 Å². The molecular weight excluding hydrogens is 210 g/mol. The Hall–Kier alpha value is -0.680. The Balaban J connectivity index is 2.04. The normalized spacial score (nSPS) is 17.1. The van der Waals surface area contributed by atoms with E-state index >= 15 is 0 Å². The fraction of sp³-hybridized carbons (Fsp3) is 0.800. The van der Waals surface area contributed by atoms with Crippen molar-refractivity contribution in [1.29, 1.82) is 0 Å². The summed E-state index contributed by atoms with van der Waals surface area (Å²) < 4.78 is 0. The molecule has 86 valence electrons. The molecule has 1 fully saturated rings. The van der Waals surface area contributed by atoms with Crippen molar-refractivity contribution >= 4 is 23.2 Å². The number of piperidine rings is 1. The summed E-state index contributed by atoms with van der Waals surface area (Å²) in [5.74, 6) is -0.120. The van der Waals surface area contributed by atoms with Gasteiger partial charge in [0.2, 0.25) is 5.91 Å². The molecule has 0 aromatic rings. The molecule has 0 unspecified atom stereocenters. The van der Waals surface area contributed by atoms with Crippen molar-refractivity contribution in [3.8, 4) is 0 Å². The molecule has 0 aliphatic carbocycles. The number of thiocarbonyl (C=S) groups is 1. The number of likely N-dealkylation sites (tertiary alicyclic amines) is 1. The second-order valence-corrected chi connectivity index (χ2v) is 4.25. The molecule has 1 heterocycles. The third kappa shape index (κ3) is 5.69. The summed E-state index contributed by atoms with van der Waals surface area (Å²) in [6, 6.07) is 0. The van der Waals surface area contributed by atoms with Crippen LogP contribution in [0.4, 0.5) is 0 Å². The smallest absolute Gasteiger partial charge is 0.222 e. The summed E-state index contributed by atoms with van der Waals surface area (Å²) in [6.45, 7) is 5.64. The quantitative estimate of drug-likeness (QED) is 0.691. The Morgan fingerprint density at radius 3 is 2.60 bits per heavy atom. The van der Waals surface area contributed by atoms with Gasteiger partial charge in [0.05, 0.1) is 0 Å². The lowest BCUT2D eigenvalue weighted by Gasteiger charge is -2.26. The summed E-state index contributed by atoms with van der Waals surface area (Å²) in [5.41, 5.74) is 0. The van der Waals surface area contributed by atoms with E-state index in [1.165, 1.54) is 39.3 Å². The van der Waals surface area contributed by atoms with Crippen molar-refractivity contribution in [2.75, 3.05) is 26.2 Å². The van der Waals surface area contributed by atoms with Crippen LogP contribution in [0.25, 0.3) is 0 Å². The average molecular weight is 229 g/mol. The van der Waals surface area contributed by atoms with Gasteiger partial charge in [0.25, 0.3) is 0 Å². The predicted octanol–water partition coefficient (Wildman–Crippen LogP) is 0.483. The van der Waals surface area contributed by atoms with Crippen molar-refractivity contribution < 1.29 is 4.79 Å². The molecule has 4 nitrogen and oxygen atoms in total. The van der Waals surface area contributed by atoms with Crippen molar-refractivity contribution in [2.24, 2.45) is 0 Å². The van der Waals surface area contributed by atoms with Gasteiger partial charge in [-0.05, 0) is 38.1 Å². The van der Waals surface area contributed by atoms with E-state index in [9.17, 15) is 4.79 Å². The van der Waals surface area contributed by atoms with E-state index in [1.54, 1.807) is 0 Å². The maximum absolute atomic E-state index is 10.7. The minimum absolute atomic E-state index is 0.120. The predicted molar refractivity (Wildman–Crippen MR) is 64.7 cm³/mol. The molecule has 1 rings (SSSR count). The molecule has 15 heavy (non-hydrogen) atoms. The summed E-state index contributed by atoms with van der Waals surface area (Å²) in [6.07, 6.45) is 3.96. The van der Waals surface area contributed by atoms with Crippen LogP contribution in [-0.2, 0) is 4.79 Å². The Morgan fingerprint density at radius 2 is 2.00 bits per heavy atom. The molecule has 0 aromatic carbocycles. The standard InChI is InChI=1S/C10H19N3OS/c1-9(14)12-10(15)11-5-8-13-6-3-2-4-7-13/h2-8H2,1H3,(H2,11,12,14,15). The van der Waals surface area contributed by atoms with Crippen LogP contribution in [0.2, 0.25) is 0 Å². The fourth-order valence-corrected chi connectivity index (χ4v) is 1.96. The monoisotopic (exact) mass is 229 g/mol. The van der Waals surface area contributed by atoms with E-state index in [0.717, 1.165) is 13.1 Å². The topological polar surface area (TPSA) is 44.4 Å². The molecule has 1 aliphatic rings. The van der Waals surface area contributed by atoms with Gasteiger partial charge >= 0.3 is 0 Å². The molecule has 0 atom stereocenters. The molecule has 5 heteroatoms. The first-order valence-corrected chi connectivity index (χ1v) is 5.87. The van der Waals surface area contributed by atoms with Crippen LogP contribution >= 0.6 is 12.2 Å². The molecule has 0 bridgehead atoms. The minimum atomic E-state index is -0.120. The second kappa shape index (κ2) is 6.74. The van der Waals surface area contributed by atoms with Crippen LogP contribution in [0, 0.1) is 0 Å². The van der Waals surface area contributed by atoms with Gasteiger partial charge in [0.15, 0.2) is 5.11 Å². The maximum Gasteiger partial charge on any atom is 0.222 e. The fourth-order valence-electron chi connectivity index (χ4n) is 1.71. The zero-order valence-electron chi connectivity index (χ0n) is 9.21. The summed E-state index contributed by atoms with van der Waals surface area (Å²) in [7, 11) is 0. The number of carbonyl (C=O) groups excluding carboxylic acids is 1. The van der Waals surface area contributed by atoms with Crippen molar-refractivity contribution in [3.63, 3.8) is 0 Å². The van der Waals surface area contributed by atoms with Gasteiger partial charge in [-0.3, -0.25) is 4.79 Å². The van der Waals surface area contributed by atoms with Crippen molar-refractivity contribution in [1.82, 2.24) is 15.5 Å². The highest BCUT2D eigenvalue weighted by Gasteiger charge is 2.09. The van der Waals surface area contributed by atoms with E-state index in [-0.39, 0.29) is 5.91 Å². The number of nitrogens with zero attached hydrogens (tertiary/aromatic N) is 1. The molecule has 0 aromatic heterocycles. The SMILES string of the molecule is CC(=O)NC(=S)NCCN1CCCCC1. The molecule has 2 N–H and O–H groups in total. The van der Waals surface area contributed by atoms with Crippen LogP contribution in [0.15, 0.2) is 0 Å². The molecule has 1 amide bonds. The molecular formula is C10H19N3OS.